The lowest BCUT2D eigenvalue weighted by Gasteiger charge is -2.31. The van der Waals surface area contributed by atoms with E-state index in [-0.39, 0.29) is 0 Å². The molecule has 0 bridgehead atoms. The number of hydrogen-bond donors (Lipinski definition) is 2. The summed E-state index contributed by atoms with van der Waals surface area (Å²) in [6.07, 6.45) is 2.26. The van der Waals surface area contributed by atoms with Gasteiger partial charge in [0, 0.05) is 0 Å². The topological polar surface area (TPSA) is 57.5 Å². The van der Waals surface area contributed by atoms with Crippen molar-refractivity contribution in [2.24, 2.45) is 5.41 Å². The van der Waals surface area contributed by atoms with E-state index in [1.165, 1.54) is 0 Å². The highest BCUT2D eigenvalue weighted by Crippen LogP contribution is 2.35. The summed E-state index contributed by atoms with van der Waals surface area (Å²) in [7, 11) is 0. The van der Waals surface area contributed by atoms with Gasteiger partial charge in [-0.25, -0.2) is 0 Å². The molecule has 64 valence electrons. The first-order valence-corrected chi connectivity index (χ1v) is 3.96. The molecule has 0 amide bonds. The SMILES string of the molecule is C[C@]1(C(=O)O)CCC[C@H](O)C1. The predicted octanol–water partition coefficient (Wildman–Crippen LogP) is 1.01. The molecule has 1 fully saturated rings. The van der Waals surface area contributed by atoms with Crippen molar-refractivity contribution in [3.05, 3.63) is 0 Å². The summed E-state index contributed by atoms with van der Waals surface area (Å²) in [6, 6.07) is 0. The Labute approximate surface area is 66.0 Å². The zero-order valence-electron chi connectivity index (χ0n) is 6.71. The number of hydrogen-bond acceptors (Lipinski definition) is 2. The van der Waals surface area contributed by atoms with Crippen LogP contribution in [-0.2, 0) is 4.79 Å². The molecule has 2 N–H and O–H groups in total. The molecule has 0 aliphatic heterocycles. The van der Waals surface area contributed by atoms with Crippen LogP contribution in [0, 0.1) is 5.41 Å². The average molecular weight is 158 g/mol. The van der Waals surface area contributed by atoms with Crippen molar-refractivity contribution in [1.82, 2.24) is 0 Å². The van der Waals surface area contributed by atoms with Crippen LogP contribution in [0.4, 0.5) is 0 Å². The maximum absolute atomic E-state index is 10.7. The van der Waals surface area contributed by atoms with E-state index < -0.39 is 17.5 Å². The van der Waals surface area contributed by atoms with E-state index in [4.69, 9.17) is 5.11 Å². The smallest absolute Gasteiger partial charge is 0.309 e. The first-order valence-electron chi connectivity index (χ1n) is 3.96. The normalized spacial score (nSPS) is 38.5. The molecule has 0 aromatic heterocycles. The molecule has 0 aromatic carbocycles. The fraction of sp³-hybridized carbons (Fsp3) is 0.875. The van der Waals surface area contributed by atoms with E-state index in [0.29, 0.717) is 12.8 Å². The molecule has 0 heterocycles. The first-order chi connectivity index (χ1) is 5.04. The molecule has 3 nitrogen and oxygen atoms in total. The van der Waals surface area contributed by atoms with E-state index in [1.54, 1.807) is 6.92 Å². The second kappa shape index (κ2) is 2.81. The molecule has 0 spiro atoms. The minimum absolute atomic E-state index is 0.405. The number of carbonyl (C=O) groups is 1. The van der Waals surface area contributed by atoms with Gasteiger partial charge in [-0.3, -0.25) is 4.79 Å². The molecule has 1 aliphatic rings. The monoisotopic (exact) mass is 158 g/mol. The lowest BCUT2D eigenvalue weighted by Crippen LogP contribution is -2.35. The van der Waals surface area contributed by atoms with Gasteiger partial charge >= 0.3 is 5.97 Å². The van der Waals surface area contributed by atoms with Crippen LogP contribution >= 0.6 is 0 Å². The molecule has 1 rings (SSSR count). The zero-order chi connectivity index (χ0) is 8.48. The highest BCUT2D eigenvalue weighted by molar-refractivity contribution is 5.74. The molecule has 0 saturated heterocycles. The van der Waals surface area contributed by atoms with Crippen molar-refractivity contribution in [3.63, 3.8) is 0 Å². The van der Waals surface area contributed by atoms with Gasteiger partial charge in [0.15, 0.2) is 0 Å². The van der Waals surface area contributed by atoms with Gasteiger partial charge in [0.25, 0.3) is 0 Å². The van der Waals surface area contributed by atoms with Crippen LogP contribution in [0.3, 0.4) is 0 Å². The number of aliphatic carboxylic acids is 1. The highest BCUT2D eigenvalue weighted by Gasteiger charge is 2.37. The van der Waals surface area contributed by atoms with E-state index in [9.17, 15) is 9.90 Å². The minimum atomic E-state index is -0.781. The van der Waals surface area contributed by atoms with Gasteiger partial charge in [-0.15, -0.1) is 0 Å². The average Bonchev–Trinajstić information content (AvgIpc) is 1.86. The second-order valence-corrected chi connectivity index (χ2v) is 3.62. The van der Waals surface area contributed by atoms with Crippen molar-refractivity contribution >= 4 is 5.97 Å². The summed E-state index contributed by atoms with van der Waals surface area (Å²) in [5.41, 5.74) is -0.683. The molecular formula is C8H14O3. The highest BCUT2D eigenvalue weighted by atomic mass is 16.4. The standard InChI is InChI=1S/C8H14O3/c1-8(7(10)11)4-2-3-6(9)5-8/h6,9H,2-5H2,1H3,(H,10,11)/t6-,8-/m0/s1. The molecule has 0 aromatic rings. The van der Waals surface area contributed by atoms with Crippen molar-refractivity contribution in [2.75, 3.05) is 0 Å². The van der Waals surface area contributed by atoms with Crippen LogP contribution in [0.15, 0.2) is 0 Å². The van der Waals surface area contributed by atoms with Gasteiger partial charge in [0.1, 0.15) is 0 Å². The molecule has 1 saturated carbocycles. The van der Waals surface area contributed by atoms with E-state index in [0.717, 1.165) is 12.8 Å². The largest absolute Gasteiger partial charge is 0.481 e. The maximum atomic E-state index is 10.7. The Balaban J connectivity index is 2.63. The lowest BCUT2D eigenvalue weighted by atomic mass is 9.74. The van der Waals surface area contributed by atoms with Crippen LogP contribution < -0.4 is 0 Å². The maximum Gasteiger partial charge on any atom is 0.309 e. The molecule has 0 radical (unpaired) electrons. The predicted molar refractivity (Wildman–Crippen MR) is 40.2 cm³/mol. The molecule has 11 heavy (non-hydrogen) atoms. The van der Waals surface area contributed by atoms with Crippen LogP contribution in [0.2, 0.25) is 0 Å². The lowest BCUT2D eigenvalue weighted by molar-refractivity contribution is -0.152. The van der Waals surface area contributed by atoms with Gasteiger partial charge in [0.2, 0.25) is 0 Å². The van der Waals surface area contributed by atoms with Crippen molar-refractivity contribution < 1.29 is 15.0 Å². The number of rotatable bonds is 1. The van der Waals surface area contributed by atoms with Gasteiger partial charge in [-0.2, -0.15) is 0 Å². The van der Waals surface area contributed by atoms with Crippen molar-refractivity contribution in [2.45, 2.75) is 38.7 Å². The van der Waals surface area contributed by atoms with E-state index >= 15 is 0 Å². The van der Waals surface area contributed by atoms with Gasteiger partial charge < -0.3 is 10.2 Å². The Morgan fingerprint density at radius 3 is 2.64 bits per heavy atom. The van der Waals surface area contributed by atoms with Gasteiger partial charge in [0.05, 0.1) is 11.5 Å². The Morgan fingerprint density at radius 2 is 2.27 bits per heavy atom. The third kappa shape index (κ3) is 1.71. The number of aliphatic hydroxyl groups is 1. The van der Waals surface area contributed by atoms with Crippen LogP contribution in [0.25, 0.3) is 0 Å². The third-order valence-corrected chi connectivity index (χ3v) is 2.47. The quantitative estimate of drug-likeness (QED) is 0.598. The number of carboxylic acid groups (broad SMARTS) is 1. The summed E-state index contributed by atoms with van der Waals surface area (Å²) in [4.78, 5) is 10.7. The first kappa shape index (κ1) is 8.53. The molecule has 0 unspecified atom stereocenters. The summed E-state index contributed by atoms with van der Waals surface area (Å²) < 4.78 is 0. The Morgan fingerprint density at radius 1 is 1.64 bits per heavy atom. The van der Waals surface area contributed by atoms with Crippen molar-refractivity contribution in [3.8, 4) is 0 Å². The van der Waals surface area contributed by atoms with Gasteiger partial charge in [-0.05, 0) is 32.6 Å². The van der Waals surface area contributed by atoms with Gasteiger partial charge in [-0.1, -0.05) is 0 Å². The summed E-state index contributed by atoms with van der Waals surface area (Å²) in [5, 5.41) is 18.0. The molecule has 1 aliphatic carbocycles. The van der Waals surface area contributed by atoms with Crippen LogP contribution in [0.1, 0.15) is 32.6 Å². The summed E-state index contributed by atoms with van der Waals surface area (Å²) >= 11 is 0. The number of carboxylic acids is 1. The van der Waals surface area contributed by atoms with E-state index in [1.807, 2.05) is 0 Å². The fourth-order valence-corrected chi connectivity index (χ4v) is 1.65. The molecule has 3 heteroatoms. The summed E-state index contributed by atoms with van der Waals surface area (Å²) in [6.45, 7) is 1.71. The third-order valence-electron chi connectivity index (χ3n) is 2.47. The minimum Gasteiger partial charge on any atom is -0.481 e. The molecular weight excluding hydrogens is 144 g/mol. The zero-order valence-corrected chi connectivity index (χ0v) is 6.71. The van der Waals surface area contributed by atoms with Crippen molar-refractivity contribution in [1.29, 1.82) is 0 Å². The van der Waals surface area contributed by atoms with Crippen LogP contribution in [0.5, 0.6) is 0 Å². The molecule has 2 atom stereocenters. The Hall–Kier alpha value is -0.570. The Bertz CT molecular complexity index is 167. The van der Waals surface area contributed by atoms with Crippen LogP contribution in [-0.4, -0.2) is 22.3 Å². The Kier molecular flexibility index (Phi) is 2.18. The number of aliphatic hydroxyl groups excluding tert-OH is 1. The van der Waals surface area contributed by atoms with E-state index in [2.05, 4.69) is 0 Å². The second-order valence-electron chi connectivity index (χ2n) is 3.62. The fourth-order valence-electron chi connectivity index (χ4n) is 1.65. The summed E-state index contributed by atoms with van der Waals surface area (Å²) in [5.74, 6) is -0.781.